The lowest BCUT2D eigenvalue weighted by Gasteiger charge is -2.09. The second kappa shape index (κ2) is 7.20. The van der Waals surface area contributed by atoms with Crippen LogP contribution < -0.4 is 5.32 Å². The summed E-state index contributed by atoms with van der Waals surface area (Å²) in [6.07, 6.45) is 1.58. The molecular weight excluding hydrogens is 222 g/mol. The van der Waals surface area contributed by atoms with Gasteiger partial charge >= 0.3 is 0 Å². The molecule has 1 N–H and O–H groups in total. The van der Waals surface area contributed by atoms with Gasteiger partial charge in [0, 0.05) is 6.54 Å². The quantitative estimate of drug-likeness (QED) is 0.821. The number of carbonyl (C=O) groups is 1. The second-order valence-electron chi connectivity index (χ2n) is 5.79. The first-order chi connectivity index (χ1) is 8.47. The van der Waals surface area contributed by atoms with E-state index in [4.69, 9.17) is 0 Å². The average molecular weight is 247 g/mol. The number of benzene rings is 1. The minimum atomic E-state index is 0.111. The number of nitrogens with one attached hydrogen (secondary N) is 1. The van der Waals surface area contributed by atoms with Crippen LogP contribution in [0.4, 0.5) is 0 Å². The summed E-state index contributed by atoms with van der Waals surface area (Å²) in [6.45, 7) is 9.38. The second-order valence-corrected chi connectivity index (χ2v) is 5.79. The molecule has 1 rings (SSSR count). The molecule has 0 bridgehead atoms. The Kier molecular flexibility index (Phi) is 5.90. The number of hydrogen-bond donors (Lipinski definition) is 1. The van der Waals surface area contributed by atoms with E-state index in [0.717, 1.165) is 18.5 Å². The van der Waals surface area contributed by atoms with Crippen molar-refractivity contribution in [1.29, 1.82) is 0 Å². The maximum Gasteiger partial charge on any atom is 0.224 e. The molecule has 18 heavy (non-hydrogen) atoms. The van der Waals surface area contributed by atoms with Crippen molar-refractivity contribution in [3.8, 4) is 0 Å². The first kappa shape index (κ1) is 14.7. The molecule has 1 aromatic rings. The Morgan fingerprint density at radius 1 is 1.00 bits per heavy atom. The zero-order valence-electron chi connectivity index (χ0n) is 12.0. The summed E-state index contributed by atoms with van der Waals surface area (Å²) in [5.74, 6) is 1.29. The highest BCUT2D eigenvalue weighted by atomic mass is 16.1. The van der Waals surface area contributed by atoms with Gasteiger partial charge in [0.2, 0.25) is 5.91 Å². The Morgan fingerprint density at radius 2 is 1.56 bits per heavy atom. The van der Waals surface area contributed by atoms with E-state index < -0.39 is 0 Å². The largest absolute Gasteiger partial charge is 0.356 e. The van der Waals surface area contributed by atoms with Gasteiger partial charge in [0.05, 0.1) is 6.42 Å². The lowest BCUT2D eigenvalue weighted by molar-refractivity contribution is -0.120. The first-order valence-corrected chi connectivity index (χ1v) is 6.82. The molecule has 0 aliphatic rings. The smallest absolute Gasteiger partial charge is 0.224 e. The van der Waals surface area contributed by atoms with Gasteiger partial charge in [-0.25, -0.2) is 0 Å². The molecule has 2 nitrogen and oxygen atoms in total. The van der Waals surface area contributed by atoms with E-state index in [2.05, 4.69) is 57.3 Å². The summed E-state index contributed by atoms with van der Waals surface area (Å²) >= 11 is 0. The Balaban J connectivity index is 2.45. The summed E-state index contributed by atoms with van der Waals surface area (Å²) < 4.78 is 0. The summed E-state index contributed by atoms with van der Waals surface area (Å²) in [4.78, 5) is 11.7. The van der Waals surface area contributed by atoms with Crippen LogP contribution in [0.1, 0.15) is 38.8 Å². The number of carbonyl (C=O) groups excluding carboxylic acids is 1. The summed E-state index contributed by atoms with van der Waals surface area (Å²) in [6, 6.07) is 8.38. The van der Waals surface area contributed by atoms with Crippen LogP contribution in [0.15, 0.2) is 24.3 Å². The predicted molar refractivity (Wildman–Crippen MR) is 76.5 cm³/mol. The SMILES string of the molecule is CC(C)CNC(=O)Cc1ccc(CC(C)C)cc1. The van der Waals surface area contributed by atoms with Crippen LogP contribution >= 0.6 is 0 Å². The fraction of sp³-hybridized carbons (Fsp3) is 0.562. The van der Waals surface area contributed by atoms with Gasteiger partial charge in [0.25, 0.3) is 0 Å². The van der Waals surface area contributed by atoms with Crippen molar-refractivity contribution >= 4 is 5.91 Å². The van der Waals surface area contributed by atoms with Gasteiger partial charge < -0.3 is 5.32 Å². The van der Waals surface area contributed by atoms with Crippen molar-refractivity contribution in [2.45, 2.75) is 40.5 Å². The molecule has 1 amide bonds. The van der Waals surface area contributed by atoms with Crippen molar-refractivity contribution in [1.82, 2.24) is 5.32 Å². The van der Waals surface area contributed by atoms with E-state index in [-0.39, 0.29) is 5.91 Å². The van der Waals surface area contributed by atoms with Crippen molar-refractivity contribution in [2.24, 2.45) is 11.8 Å². The molecule has 100 valence electrons. The highest BCUT2D eigenvalue weighted by Crippen LogP contribution is 2.10. The zero-order chi connectivity index (χ0) is 13.5. The lowest BCUT2D eigenvalue weighted by Crippen LogP contribution is -2.28. The van der Waals surface area contributed by atoms with Crippen LogP contribution in [0.5, 0.6) is 0 Å². The topological polar surface area (TPSA) is 29.1 Å². The van der Waals surface area contributed by atoms with E-state index in [1.807, 2.05) is 0 Å². The van der Waals surface area contributed by atoms with Crippen molar-refractivity contribution in [3.05, 3.63) is 35.4 Å². The molecule has 0 aliphatic carbocycles. The van der Waals surface area contributed by atoms with Gasteiger partial charge in [-0.2, -0.15) is 0 Å². The van der Waals surface area contributed by atoms with Crippen molar-refractivity contribution in [2.75, 3.05) is 6.54 Å². The van der Waals surface area contributed by atoms with E-state index in [1.165, 1.54) is 5.56 Å². The third kappa shape index (κ3) is 5.85. The van der Waals surface area contributed by atoms with Gasteiger partial charge in [-0.3, -0.25) is 4.79 Å². The highest BCUT2D eigenvalue weighted by molar-refractivity contribution is 5.78. The van der Waals surface area contributed by atoms with E-state index in [0.29, 0.717) is 18.3 Å². The number of hydrogen-bond acceptors (Lipinski definition) is 1. The number of amides is 1. The fourth-order valence-corrected chi connectivity index (χ4v) is 1.83. The van der Waals surface area contributed by atoms with E-state index in [9.17, 15) is 4.79 Å². The van der Waals surface area contributed by atoms with Crippen LogP contribution in [0.25, 0.3) is 0 Å². The van der Waals surface area contributed by atoms with Crippen LogP contribution in [0.3, 0.4) is 0 Å². The van der Waals surface area contributed by atoms with Crippen molar-refractivity contribution in [3.63, 3.8) is 0 Å². The molecule has 0 saturated carbocycles. The Hall–Kier alpha value is -1.31. The van der Waals surface area contributed by atoms with E-state index in [1.54, 1.807) is 0 Å². The summed E-state index contributed by atoms with van der Waals surface area (Å²) in [5.41, 5.74) is 2.43. The third-order valence-corrected chi connectivity index (χ3v) is 2.74. The first-order valence-electron chi connectivity index (χ1n) is 6.82. The maximum absolute atomic E-state index is 11.7. The van der Waals surface area contributed by atoms with Crippen LogP contribution in [-0.4, -0.2) is 12.5 Å². The summed E-state index contributed by atoms with van der Waals surface area (Å²) in [7, 11) is 0. The van der Waals surface area contributed by atoms with Gasteiger partial charge in [0.15, 0.2) is 0 Å². The molecule has 1 aromatic carbocycles. The Morgan fingerprint density at radius 3 is 2.06 bits per heavy atom. The molecule has 0 aliphatic heterocycles. The highest BCUT2D eigenvalue weighted by Gasteiger charge is 2.04. The van der Waals surface area contributed by atoms with Gasteiger partial charge in [0.1, 0.15) is 0 Å². The van der Waals surface area contributed by atoms with E-state index >= 15 is 0 Å². The molecule has 0 fully saturated rings. The molecular formula is C16H25NO. The monoisotopic (exact) mass is 247 g/mol. The normalized spacial score (nSPS) is 11.0. The van der Waals surface area contributed by atoms with Crippen molar-refractivity contribution < 1.29 is 4.79 Å². The van der Waals surface area contributed by atoms with Crippen LogP contribution in [-0.2, 0) is 17.6 Å². The molecule has 0 unspecified atom stereocenters. The fourth-order valence-electron chi connectivity index (χ4n) is 1.83. The minimum Gasteiger partial charge on any atom is -0.356 e. The average Bonchev–Trinajstić information content (AvgIpc) is 2.28. The third-order valence-electron chi connectivity index (χ3n) is 2.74. The molecule has 0 atom stereocenters. The number of rotatable bonds is 6. The van der Waals surface area contributed by atoms with Crippen LogP contribution in [0, 0.1) is 11.8 Å². The molecule has 0 aromatic heterocycles. The predicted octanol–water partition coefficient (Wildman–Crippen LogP) is 3.20. The Labute approximate surface area is 111 Å². The van der Waals surface area contributed by atoms with Gasteiger partial charge in [-0.1, -0.05) is 52.0 Å². The minimum absolute atomic E-state index is 0.111. The molecule has 0 radical (unpaired) electrons. The molecule has 0 spiro atoms. The molecule has 2 heteroatoms. The lowest BCUT2D eigenvalue weighted by atomic mass is 10.0. The maximum atomic E-state index is 11.7. The molecule has 0 saturated heterocycles. The zero-order valence-corrected chi connectivity index (χ0v) is 12.0. The van der Waals surface area contributed by atoms with Gasteiger partial charge in [-0.15, -0.1) is 0 Å². The summed E-state index contributed by atoms with van der Waals surface area (Å²) in [5, 5.41) is 2.94. The Bertz CT molecular complexity index is 365. The van der Waals surface area contributed by atoms with Crippen LogP contribution in [0.2, 0.25) is 0 Å². The standard InChI is InChI=1S/C16H25NO/c1-12(2)9-14-5-7-15(8-6-14)10-16(18)17-11-13(3)4/h5-8,12-13H,9-11H2,1-4H3,(H,17,18). The molecule has 0 heterocycles. The van der Waals surface area contributed by atoms with Gasteiger partial charge in [-0.05, 0) is 29.4 Å².